The van der Waals surface area contributed by atoms with E-state index in [2.05, 4.69) is 17.5 Å². The third kappa shape index (κ3) is 2.33. The lowest BCUT2D eigenvalue weighted by Gasteiger charge is -2.37. The molecular formula is C22H24N2O3. The Kier molecular flexibility index (Phi) is 3.58. The maximum atomic E-state index is 13.1. The molecule has 0 radical (unpaired) electrons. The summed E-state index contributed by atoms with van der Waals surface area (Å²) in [6, 6.07) is 8.72. The molecule has 1 saturated heterocycles. The third-order valence-corrected chi connectivity index (χ3v) is 7.12. The van der Waals surface area contributed by atoms with Crippen molar-refractivity contribution in [2.75, 3.05) is 0 Å². The number of carbonyl (C=O) groups is 3. The van der Waals surface area contributed by atoms with Crippen LogP contribution >= 0.6 is 0 Å². The van der Waals surface area contributed by atoms with E-state index in [0.717, 1.165) is 12.0 Å². The fraction of sp³-hybridized carbons (Fsp3) is 0.500. The molecule has 1 N–H and O–H groups in total. The minimum atomic E-state index is -0.780. The van der Waals surface area contributed by atoms with Crippen molar-refractivity contribution in [3.63, 3.8) is 0 Å². The second-order valence-electron chi connectivity index (χ2n) is 8.52. The number of nitrogens with one attached hydrogen (secondary N) is 1. The average molecular weight is 364 g/mol. The summed E-state index contributed by atoms with van der Waals surface area (Å²) in [6.07, 6.45) is 5.44. The van der Waals surface area contributed by atoms with Gasteiger partial charge in [-0.2, -0.15) is 0 Å². The van der Waals surface area contributed by atoms with Crippen molar-refractivity contribution in [3.05, 3.63) is 48.0 Å². The summed E-state index contributed by atoms with van der Waals surface area (Å²) in [5.41, 5.74) is 0.994. The first kappa shape index (κ1) is 16.7. The molecule has 5 nitrogen and oxygen atoms in total. The van der Waals surface area contributed by atoms with E-state index in [1.807, 2.05) is 37.3 Å². The van der Waals surface area contributed by atoms with Crippen molar-refractivity contribution in [1.82, 2.24) is 10.2 Å². The molecule has 140 valence electrons. The molecule has 4 aliphatic carbocycles. The van der Waals surface area contributed by atoms with E-state index in [1.165, 1.54) is 4.90 Å². The van der Waals surface area contributed by atoms with Crippen LogP contribution in [0.25, 0.3) is 0 Å². The van der Waals surface area contributed by atoms with Gasteiger partial charge < -0.3 is 5.32 Å². The van der Waals surface area contributed by atoms with Crippen LogP contribution < -0.4 is 5.32 Å². The molecule has 1 aromatic rings. The first-order chi connectivity index (χ1) is 13.0. The molecule has 2 saturated carbocycles. The van der Waals surface area contributed by atoms with Crippen LogP contribution in [-0.2, 0) is 14.4 Å². The molecule has 8 atom stereocenters. The first-order valence-corrected chi connectivity index (χ1v) is 9.89. The van der Waals surface area contributed by atoms with Gasteiger partial charge in [-0.1, -0.05) is 42.5 Å². The number of carbonyl (C=O) groups excluding carboxylic acids is 3. The number of hydrogen-bond acceptors (Lipinski definition) is 3. The van der Waals surface area contributed by atoms with Gasteiger partial charge in [-0.3, -0.25) is 19.3 Å². The Morgan fingerprint density at radius 2 is 1.56 bits per heavy atom. The van der Waals surface area contributed by atoms with Crippen molar-refractivity contribution in [1.29, 1.82) is 0 Å². The van der Waals surface area contributed by atoms with E-state index in [4.69, 9.17) is 0 Å². The fourth-order valence-corrected chi connectivity index (χ4v) is 5.64. The molecule has 8 unspecified atom stereocenters. The Bertz CT molecular complexity index is 812. The first-order valence-electron chi connectivity index (χ1n) is 9.89. The molecule has 2 bridgehead atoms. The van der Waals surface area contributed by atoms with Gasteiger partial charge in [0, 0.05) is 0 Å². The standard InChI is InChI=1S/C22H24N2O3/c1-11(13-6-4-3-5-7-13)23-20(25)12(2)24-21(26)18-14-8-9-15(17-10-16(14)17)19(18)22(24)27/h3-9,11-12,14-19H,10H2,1-2H3,(H,23,25). The molecule has 5 aliphatic rings. The zero-order valence-electron chi connectivity index (χ0n) is 15.5. The Balaban J connectivity index is 1.34. The monoisotopic (exact) mass is 364 g/mol. The molecule has 1 heterocycles. The highest BCUT2D eigenvalue weighted by Crippen LogP contribution is 2.65. The molecule has 5 heteroatoms. The van der Waals surface area contributed by atoms with Gasteiger partial charge in [-0.05, 0) is 49.5 Å². The Morgan fingerprint density at radius 1 is 1.00 bits per heavy atom. The maximum absolute atomic E-state index is 13.1. The second-order valence-corrected chi connectivity index (χ2v) is 8.52. The van der Waals surface area contributed by atoms with Crippen molar-refractivity contribution < 1.29 is 14.4 Å². The third-order valence-electron chi connectivity index (χ3n) is 7.12. The van der Waals surface area contributed by atoms with Gasteiger partial charge in [0.05, 0.1) is 17.9 Å². The highest BCUT2D eigenvalue weighted by atomic mass is 16.2. The Morgan fingerprint density at radius 3 is 2.11 bits per heavy atom. The lowest BCUT2D eigenvalue weighted by Crippen LogP contribution is -2.49. The SMILES string of the molecule is CC(NC(=O)C(C)N1C(=O)C2C3C=CC(C4CC34)C2C1=O)c1ccccc1. The number of hydrogen-bond donors (Lipinski definition) is 1. The van der Waals surface area contributed by atoms with E-state index in [1.54, 1.807) is 6.92 Å². The lowest BCUT2D eigenvalue weighted by molar-refractivity contribution is -0.147. The molecule has 1 aromatic carbocycles. The van der Waals surface area contributed by atoms with Crippen molar-refractivity contribution in [2.24, 2.45) is 35.5 Å². The zero-order valence-corrected chi connectivity index (χ0v) is 15.5. The van der Waals surface area contributed by atoms with E-state index in [9.17, 15) is 14.4 Å². The van der Waals surface area contributed by atoms with Gasteiger partial charge in [-0.25, -0.2) is 0 Å². The number of benzene rings is 1. The number of amides is 3. The van der Waals surface area contributed by atoms with E-state index in [0.29, 0.717) is 11.8 Å². The van der Waals surface area contributed by atoms with E-state index >= 15 is 0 Å². The number of rotatable bonds is 4. The summed E-state index contributed by atoms with van der Waals surface area (Å²) in [4.78, 5) is 40.2. The maximum Gasteiger partial charge on any atom is 0.243 e. The minimum absolute atomic E-state index is 0.148. The Labute approximate surface area is 158 Å². The number of likely N-dealkylation sites (tertiary alicyclic amines) is 1. The predicted molar refractivity (Wildman–Crippen MR) is 99.0 cm³/mol. The van der Waals surface area contributed by atoms with Gasteiger partial charge in [0.1, 0.15) is 6.04 Å². The quantitative estimate of drug-likeness (QED) is 0.659. The van der Waals surface area contributed by atoms with Gasteiger partial charge in [0.15, 0.2) is 0 Å². The summed E-state index contributed by atoms with van der Waals surface area (Å²) in [5, 5.41) is 2.95. The summed E-state index contributed by atoms with van der Waals surface area (Å²) in [6.45, 7) is 3.57. The van der Waals surface area contributed by atoms with Crippen molar-refractivity contribution in [2.45, 2.75) is 32.4 Å². The lowest BCUT2D eigenvalue weighted by atomic mass is 9.63. The summed E-state index contributed by atoms with van der Waals surface area (Å²) in [7, 11) is 0. The largest absolute Gasteiger partial charge is 0.348 e. The van der Waals surface area contributed by atoms with Crippen molar-refractivity contribution >= 4 is 17.7 Å². The normalized spacial score (nSPS) is 37.6. The second kappa shape index (κ2) is 5.78. The Hall–Kier alpha value is -2.43. The highest BCUT2D eigenvalue weighted by molar-refractivity contribution is 6.09. The number of allylic oxidation sites excluding steroid dienone is 2. The van der Waals surface area contributed by atoms with Gasteiger partial charge in [0.2, 0.25) is 17.7 Å². The molecule has 0 spiro atoms. The molecule has 3 amide bonds. The van der Waals surface area contributed by atoms with Gasteiger partial charge in [0.25, 0.3) is 0 Å². The minimum Gasteiger partial charge on any atom is -0.348 e. The van der Waals surface area contributed by atoms with Crippen LogP contribution in [0.3, 0.4) is 0 Å². The smallest absolute Gasteiger partial charge is 0.243 e. The summed E-state index contributed by atoms with van der Waals surface area (Å²) >= 11 is 0. The molecule has 0 aromatic heterocycles. The van der Waals surface area contributed by atoms with Crippen LogP contribution in [0.1, 0.15) is 31.9 Å². The zero-order chi connectivity index (χ0) is 18.9. The molecule has 27 heavy (non-hydrogen) atoms. The predicted octanol–water partition coefficient (Wildman–Crippen LogP) is 2.31. The van der Waals surface area contributed by atoms with Crippen LogP contribution in [0, 0.1) is 35.5 Å². The average Bonchev–Trinajstić information content (AvgIpc) is 3.46. The molecular weight excluding hydrogens is 340 g/mol. The topological polar surface area (TPSA) is 66.5 Å². The highest BCUT2D eigenvalue weighted by Gasteiger charge is 2.67. The van der Waals surface area contributed by atoms with Gasteiger partial charge >= 0.3 is 0 Å². The fourth-order valence-electron chi connectivity index (χ4n) is 5.64. The van der Waals surface area contributed by atoms with Crippen LogP contribution in [0.2, 0.25) is 0 Å². The van der Waals surface area contributed by atoms with Gasteiger partial charge in [-0.15, -0.1) is 0 Å². The summed E-state index contributed by atoms with van der Waals surface area (Å²) in [5.74, 6) is 0.429. The van der Waals surface area contributed by atoms with Crippen LogP contribution in [0.4, 0.5) is 0 Å². The van der Waals surface area contributed by atoms with Crippen LogP contribution in [-0.4, -0.2) is 28.7 Å². The molecule has 3 fully saturated rings. The van der Waals surface area contributed by atoms with E-state index in [-0.39, 0.29) is 47.4 Å². The number of imide groups is 1. The van der Waals surface area contributed by atoms with Crippen LogP contribution in [0.15, 0.2) is 42.5 Å². The molecule has 6 rings (SSSR count). The van der Waals surface area contributed by atoms with E-state index < -0.39 is 6.04 Å². The van der Waals surface area contributed by atoms with Crippen LogP contribution in [0.5, 0.6) is 0 Å². The van der Waals surface area contributed by atoms with Crippen molar-refractivity contribution in [3.8, 4) is 0 Å². The number of nitrogens with zero attached hydrogens (tertiary/aromatic N) is 1. The molecule has 1 aliphatic heterocycles. The summed E-state index contributed by atoms with van der Waals surface area (Å²) < 4.78 is 0.